The summed E-state index contributed by atoms with van der Waals surface area (Å²) in [5, 5.41) is 37.9. The van der Waals surface area contributed by atoms with Crippen LogP contribution in [0.3, 0.4) is 0 Å². The van der Waals surface area contributed by atoms with Gasteiger partial charge in [0.15, 0.2) is 9.84 Å². The standard InChI is InChI=1S/C10H18O3S.4C9H18N2.3C8H15NO.3C8H15NS/c1-7-8(2)14(11,12)10(5,6)9(3,4)13-7;4*1-7-8(2,3)9(4,5)11(6)10-7;6*1-6-7(2,3)8(4,5)10-9-6/h1-6H3;4*1-6H3;6*1-5H3. The zero-order valence-electron chi connectivity index (χ0n) is 87.3. The zero-order valence-corrected chi connectivity index (χ0v) is 90.6. The van der Waals surface area contributed by atoms with E-state index < -0.39 is 20.2 Å². The minimum atomic E-state index is -3.24. The molecule has 0 aromatic rings. The summed E-state index contributed by atoms with van der Waals surface area (Å²) in [5.74, 6) is 0.509. The summed E-state index contributed by atoms with van der Waals surface area (Å²) in [5.41, 5.74) is 13.2. The lowest BCUT2D eigenvalue weighted by atomic mass is 9.72. The highest BCUT2D eigenvalue weighted by Gasteiger charge is 2.56. The number of hydrogen-bond donors (Lipinski definition) is 0. The predicted molar refractivity (Wildman–Crippen MR) is 523 cm³/mol. The molecule has 11 heterocycles. The van der Waals surface area contributed by atoms with E-state index in [1.807, 2.05) is 49.0 Å². The number of nitrogens with zero attached hydrogens (tertiary/aromatic N) is 14. The molecule has 0 atom stereocenters. The summed E-state index contributed by atoms with van der Waals surface area (Å²) in [4.78, 5) is 16.1. The Morgan fingerprint density at radius 2 is 0.424 bits per heavy atom. The molecule has 0 aromatic carbocycles. The summed E-state index contributed by atoms with van der Waals surface area (Å²) in [6.07, 6.45) is 0. The molecular formula is C94H180N14O6S4. The first-order chi connectivity index (χ1) is 51.5. The molecule has 0 amide bonds. The van der Waals surface area contributed by atoms with E-state index in [4.69, 9.17) is 19.2 Å². The minimum absolute atomic E-state index is 0.0764. The summed E-state index contributed by atoms with van der Waals surface area (Å²) in [7, 11) is 4.92. The molecule has 20 nitrogen and oxygen atoms in total. The van der Waals surface area contributed by atoms with Crippen LogP contribution in [-0.2, 0) is 29.1 Å². The summed E-state index contributed by atoms with van der Waals surface area (Å²) in [6.45, 7) is 119. The van der Waals surface area contributed by atoms with Gasteiger partial charge in [0.2, 0.25) is 0 Å². The molecule has 0 saturated carbocycles. The van der Waals surface area contributed by atoms with Gasteiger partial charge < -0.3 is 19.2 Å². The quantitative estimate of drug-likeness (QED) is 0.207. The van der Waals surface area contributed by atoms with Gasteiger partial charge in [-0.3, -0.25) is 20.0 Å². The van der Waals surface area contributed by atoms with Crippen LogP contribution in [0.5, 0.6) is 0 Å². The number of hydrogen-bond acceptors (Lipinski definition) is 23. The number of ether oxygens (including phenoxy) is 1. The highest BCUT2D eigenvalue weighted by molar-refractivity contribution is 8.00. The number of hydrazone groups is 4. The first-order valence-electron chi connectivity index (χ1n) is 42.7. The molecule has 11 aliphatic rings. The molecule has 11 rings (SSSR count). The van der Waals surface area contributed by atoms with Gasteiger partial charge in [0.05, 0.1) is 44.2 Å². The normalized spacial score (nSPS) is 27.7. The maximum absolute atomic E-state index is 12.1. The van der Waals surface area contributed by atoms with Crippen molar-refractivity contribution in [3.8, 4) is 0 Å². The second-order valence-electron chi connectivity index (χ2n) is 45.7. The first-order valence-corrected chi connectivity index (χ1v) is 46.5. The second-order valence-corrected chi connectivity index (χ2v) is 52.5. The lowest BCUT2D eigenvalue weighted by Crippen LogP contribution is -2.55. The fraction of sp³-hybridized carbons (Fsp3) is 0.872. The largest absolute Gasteiger partial charge is 0.490 e. The second kappa shape index (κ2) is 35.7. The molecule has 686 valence electrons. The highest BCUT2D eigenvalue weighted by Crippen LogP contribution is 2.53. The number of sulfone groups is 1. The smallest absolute Gasteiger partial charge is 0.186 e. The Kier molecular flexibility index (Phi) is 33.8. The van der Waals surface area contributed by atoms with Gasteiger partial charge >= 0.3 is 0 Å². The monoisotopic (exact) mass is 1730 g/mol. The minimum Gasteiger partial charge on any atom is -0.490 e. The lowest BCUT2D eigenvalue weighted by Gasteiger charge is -2.45. The number of oxime groups is 3. The van der Waals surface area contributed by atoms with Crippen molar-refractivity contribution in [2.24, 2.45) is 103 Å². The van der Waals surface area contributed by atoms with E-state index in [1.165, 1.54) is 40.0 Å². The zero-order chi connectivity index (χ0) is 94.8. The van der Waals surface area contributed by atoms with E-state index >= 15 is 0 Å². The third kappa shape index (κ3) is 21.2. The Bertz CT molecular complexity index is 3540. The lowest BCUT2D eigenvalue weighted by molar-refractivity contribution is -0.0410. The van der Waals surface area contributed by atoms with Crippen molar-refractivity contribution in [3.63, 3.8) is 0 Å². The van der Waals surface area contributed by atoms with Gasteiger partial charge in [0.1, 0.15) is 32.9 Å². The fourth-order valence-corrected chi connectivity index (χ4v) is 16.6. The Morgan fingerprint density at radius 3 is 0.500 bits per heavy atom. The SMILES string of the molecule is CC1=C(C)S(=O)(=O)C(C)(C)C(C)(C)O1.CC1=NN(C)C(C)(C)C1(C)C.CC1=NN(C)C(C)(C)C1(C)C.CC1=NN(C)C(C)(C)C1(C)C.CC1=NN(C)C(C)(C)C1(C)C.CC1=NOC(C)(C)C1(C)C.CC1=NOC(C)(C)C1(C)C.CC1=NOC(C)(C)C1(C)C.CC1=NSC(C)(C)C1(C)C.CC1=NSC(C)(C)C1(C)C.CC1=NSC(C)(C)C1(C)C. The predicted octanol–water partition coefficient (Wildman–Crippen LogP) is 26.0. The number of rotatable bonds is 0. The van der Waals surface area contributed by atoms with Crippen LogP contribution < -0.4 is 0 Å². The summed E-state index contributed by atoms with van der Waals surface area (Å²) < 4.78 is 42.9. The maximum Gasteiger partial charge on any atom is 0.186 e. The van der Waals surface area contributed by atoms with Gasteiger partial charge in [-0.05, 0) is 285 Å². The van der Waals surface area contributed by atoms with E-state index in [2.05, 4.69) is 395 Å². The molecule has 0 saturated heterocycles. The molecule has 118 heavy (non-hydrogen) atoms. The Hall–Kier alpha value is -4.16. The van der Waals surface area contributed by atoms with Crippen LogP contribution in [0.1, 0.15) is 388 Å². The average Bonchev–Trinajstić information content (AvgIpc) is 1.39. The number of allylic oxidation sites excluding steroid dienone is 2. The Morgan fingerprint density at radius 1 is 0.246 bits per heavy atom. The van der Waals surface area contributed by atoms with Crippen molar-refractivity contribution >= 4 is 103 Å². The van der Waals surface area contributed by atoms with E-state index in [9.17, 15) is 8.42 Å². The van der Waals surface area contributed by atoms with Crippen LogP contribution >= 0.6 is 35.8 Å². The van der Waals surface area contributed by atoms with Gasteiger partial charge in [-0.15, -0.1) is 0 Å². The molecule has 0 aliphatic carbocycles. The van der Waals surface area contributed by atoms with Crippen molar-refractivity contribution < 1.29 is 27.7 Å². The Balaban J connectivity index is 0.000000650. The molecule has 24 heteroatoms. The molecule has 0 aromatic heterocycles. The molecule has 0 N–H and O–H groups in total. The van der Waals surface area contributed by atoms with E-state index in [0.717, 1.165) is 17.1 Å². The van der Waals surface area contributed by atoms with Gasteiger partial charge in [-0.1, -0.05) is 154 Å². The molecule has 0 spiro atoms. The third-order valence-electron chi connectivity index (χ3n) is 34.5. The highest BCUT2D eigenvalue weighted by atomic mass is 32.2. The molecule has 0 unspecified atom stereocenters. The fourth-order valence-electron chi connectivity index (χ4n) is 11.8. The summed E-state index contributed by atoms with van der Waals surface area (Å²) in [6, 6.07) is 0. The molecule has 11 aliphatic heterocycles. The summed E-state index contributed by atoms with van der Waals surface area (Å²) >= 11 is 5.11. The van der Waals surface area contributed by atoms with E-state index in [0.29, 0.717) is 10.7 Å². The topological polar surface area (TPSA) is 208 Å². The van der Waals surface area contributed by atoms with Crippen LogP contribution in [0.15, 0.2) is 59.7 Å². The average molecular weight is 1730 g/mol. The first kappa shape index (κ1) is 112. The van der Waals surface area contributed by atoms with Crippen molar-refractivity contribution in [1.82, 2.24) is 20.0 Å². The van der Waals surface area contributed by atoms with Gasteiger partial charge in [-0.25, -0.2) is 21.6 Å². The van der Waals surface area contributed by atoms with Crippen molar-refractivity contribution in [2.45, 2.75) is 451 Å². The van der Waals surface area contributed by atoms with Crippen LogP contribution in [-0.4, -0.2) is 177 Å². The third-order valence-corrected chi connectivity index (χ3v) is 41.4. The molecular weight excluding hydrogens is 1550 g/mol. The molecule has 0 fully saturated rings. The van der Waals surface area contributed by atoms with Gasteiger partial charge in [0.25, 0.3) is 0 Å². The van der Waals surface area contributed by atoms with E-state index in [-0.39, 0.29) is 107 Å². The van der Waals surface area contributed by atoms with Crippen LogP contribution in [0.25, 0.3) is 0 Å². The molecule has 0 radical (unpaired) electrons. The van der Waals surface area contributed by atoms with Crippen LogP contribution in [0.4, 0.5) is 0 Å². The van der Waals surface area contributed by atoms with Crippen molar-refractivity contribution in [3.05, 3.63) is 10.7 Å². The van der Waals surface area contributed by atoms with Crippen molar-refractivity contribution in [2.75, 3.05) is 28.2 Å². The Labute approximate surface area is 739 Å². The van der Waals surface area contributed by atoms with Gasteiger partial charge in [0, 0.05) is 137 Å². The van der Waals surface area contributed by atoms with Crippen LogP contribution in [0, 0.1) is 54.1 Å². The van der Waals surface area contributed by atoms with E-state index in [1.54, 1.807) is 77.4 Å². The van der Waals surface area contributed by atoms with Gasteiger partial charge in [-0.2, -0.15) is 20.4 Å². The molecule has 0 bridgehead atoms. The maximum atomic E-state index is 12.1. The van der Waals surface area contributed by atoms with Crippen LogP contribution in [0.2, 0.25) is 0 Å². The van der Waals surface area contributed by atoms with Crippen molar-refractivity contribution in [1.29, 1.82) is 0 Å².